The predicted molar refractivity (Wildman–Crippen MR) is 109 cm³/mol. The summed E-state index contributed by atoms with van der Waals surface area (Å²) in [5, 5.41) is 12.2. The van der Waals surface area contributed by atoms with E-state index in [1.54, 1.807) is 12.1 Å². The maximum absolute atomic E-state index is 12.7. The zero-order valence-corrected chi connectivity index (χ0v) is 17.1. The summed E-state index contributed by atoms with van der Waals surface area (Å²) in [5.41, 5.74) is 9.47. The highest BCUT2D eigenvalue weighted by atomic mass is 32.2. The van der Waals surface area contributed by atoms with E-state index in [0.29, 0.717) is 21.0 Å². The molecule has 3 aromatic rings. The third-order valence-corrected chi connectivity index (χ3v) is 7.38. The molecule has 1 aromatic carbocycles. The van der Waals surface area contributed by atoms with Crippen LogP contribution in [0.2, 0.25) is 0 Å². The van der Waals surface area contributed by atoms with E-state index in [-0.39, 0.29) is 17.3 Å². The fraction of sp³-hybridized carbons (Fsp3) is 0.316. The molecule has 0 aliphatic heterocycles. The van der Waals surface area contributed by atoms with Crippen LogP contribution in [0.25, 0.3) is 10.2 Å². The van der Waals surface area contributed by atoms with Gasteiger partial charge in [0.05, 0.1) is 16.3 Å². The number of nitrogens with zero attached hydrogens (tertiary/aromatic N) is 2. The number of fused-ring (bicyclic) bond motifs is 3. The third kappa shape index (κ3) is 3.69. The lowest BCUT2D eigenvalue weighted by molar-refractivity contribution is 0.0956. The summed E-state index contributed by atoms with van der Waals surface area (Å²) in [7, 11) is -3.90. The smallest absolute Gasteiger partial charge is 0.263 e. The van der Waals surface area contributed by atoms with Crippen molar-refractivity contribution in [2.24, 2.45) is 0 Å². The van der Waals surface area contributed by atoms with Crippen LogP contribution in [-0.2, 0) is 29.2 Å². The van der Waals surface area contributed by atoms with Crippen molar-refractivity contribution in [2.75, 3.05) is 11.7 Å². The van der Waals surface area contributed by atoms with Crippen LogP contribution in [0.15, 0.2) is 29.2 Å². The van der Waals surface area contributed by atoms with E-state index in [2.05, 4.69) is 15.5 Å². The third-order valence-electron chi connectivity index (χ3n) is 5.01. The molecule has 0 radical (unpaired) electrons. The van der Waals surface area contributed by atoms with Crippen molar-refractivity contribution in [1.82, 2.24) is 15.5 Å². The Morgan fingerprint density at radius 2 is 1.90 bits per heavy atom. The number of amides is 1. The molecule has 2 aromatic heterocycles. The number of hydrogen-bond acceptors (Lipinski definition) is 7. The second-order valence-corrected chi connectivity index (χ2v) is 9.83. The van der Waals surface area contributed by atoms with Crippen molar-refractivity contribution in [3.8, 4) is 0 Å². The number of aromatic nitrogens is 2. The minimum atomic E-state index is -3.90. The number of thiophene rings is 1. The van der Waals surface area contributed by atoms with Crippen molar-refractivity contribution < 1.29 is 17.6 Å². The van der Waals surface area contributed by atoms with Gasteiger partial charge in [-0.2, -0.15) is 5.10 Å². The molecule has 29 heavy (non-hydrogen) atoms. The molecule has 0 unspecified atom stereocenters. The summed E-state index contributed by atoms with van der Waals surface area (Å²) >= 11 is 1.22. The van der Waals surface area contributed by atoms with Gasteiger partial charge in [0.1, 0.15) is 9.71 Å². The van der Waals surface area contributed by atoms with Crippen molar-refractivity contribution in [3.63, 3.8) is 0 Å². The summed E-state index contributed by atoms with van der Waals surface area (Å²) in [6.07, 6.45) is 3.91. The molecule has 0 spiro atoms. The minimum absolute atomic E-state index is 0.0906. The number of sulfone groups is 1. The van der Waals surface area contributed by atoms with Crippen LogP contribution in [0.3, 0.4) is 0 Å². The van der Waals surface area contributed by atoms with Crippen molar-refractivity contribution in [2.45, 2.75) is 37.1 Å². The molecule has 0 saturated carbocycles. The van der Waals surface area contributed by atoms with Crippen molar-refractivity contribution >= 4 is 43.0 Å². The van der Waals surface area contributed by atoms with E-state index in [0.717, 1.165) is 42.3 Å². The van der Waals surface area contributed by atoms with Gasteiger partial charge in [0.25, 0.3) is 5.91 Å². The summed E-state index contributed by atoms with van der Waals surface area (Å²) in [5.74, 6) is -0.324. The first-order valence-corrected chi connectivity index (χ1v) is 11.6. The van der Waals surface area contributed by atoms with Crippen molar-refractivity contribution in [1.29, 1.82) is 0 Å². The fourth-order valence-electron chi connectivity index (χ4n) is 3.48. The lowest BCUT2D eigenvalue weighted by atomic mass is 9.94. The zero-order chi connectivity index (χ0) is 20.6. The minimum Gasteiger partial charge on any atom is -0.397 e. The summed E-state index contributed by atoms with van der Waals surface area (Å²) < 4.78 is 35.6. The summed E-state index contributed by atoms with van der Waals surface area (Å²) in [4.78, 5) is 13.6. The average molecular weight is 435 g/mol. The Morgan fingerprint density at radius 1 is 1.17 bits per heavy atom. The van der Waals surface area contributed by atoms with Crippen LogP contribution in [0.1, 0.15) is 39.3 Å². The number of rotatable bonds is 5. The number of aryl methyl sites for hydroxylation is 2. The number of carbonyl (C=O) groups excluding carboxylic acids is 1. The molecule has 1 aliphatic carbocycles. The molecular formula is C19H19FN4O3S2. The van der Waals surface area contributed by atoms with Gasteiger partial charge in [-0.15, -0.1) is 16.4 Å². The summed E-state index contributed by atoms with van der Waals surface area (Å²) in [6.45, 7) is 0.187. The fourth-order valence-corrected chi connectivity index (χ4v) is 5.14. The quantitative estimate of drug-likeness (QED) is 0.638. The highest BCUT2D eigenvalue weighted by Crippen LogP contribution is 2.37. The highest BCUT2D eigenvalue weighted by molar-refractivity contribution is 7.91. The number of carbonyl (C=O) groups is 1. The van der Waals surface area contributed by atoms with E-state index >= 15 is 0 Å². The summed E-state index contributed by atoms with van der Waals surface area (Å²) in [6, 6.07) is 4.29. The Morgan fingerprint density at radius 3 is 2.62 bits per heavy atom. The topological polar surface area (TPSA) is 115 Å². The Kier molecular flexibility index (Phi) is 5.22. The van der Waals surface area contributed by atoms with Crippen LogP contribution in [0.5, 0.6) is 0 Å². The number of nitrogens with one attached hydrogen (secondary N) is 1. The molecule has 7 nitrogen and oxygen atoms in total. The molecule has 1 amide bonds. The zero-order valence-electron chi connectivity index (χ0n) is 15.4. The van der Waals surface area contributed by atoms with E-state index in [4.69, 9.17) is 5.73 Å². The van der Waals surface area contributed by atoms with Gasteiger partial charge in [-0.1, -0.05) is 12.1 Å². The van der Waals surface area contributed by atoms with Crippen molar-refractivity contribution in [3.05, 3.63) is 46.0 Å². The van der Waals surface area contributed by atoms with Crippen LogP contribution < -0.4 is 11.1 Å². The lowest BCUT2D eigenvalue weighted by Crippen LogP contribution is -2.22. The van der Waals surface area contributed by atoms with E-state index < -0.39 is 15.8 Å². The van der Waals surface area contributed by atoms with E-state index in [1.165, 1.54) is 23.5 Å². The van der Waals surface area contributed by atoms with Crippen LogP contribution in [0, 0.1) is 0 Å². The molecule has 2 heterocycles. The molecule has 3 N–H and O–H groups in total. The van der Waals surface area contributed by atoms with Gasteiger partial charge in [-0.3, -0.25) is 4.79 Å². The van der Waals surface area contributed by atoms with E-state index in [1.807, 2.05) is 0 Å². The first kappa shape index (κ1) is 19.7. The number of anilines is 1. The number of alkyl halides is 1. The molecule has 10 heteroatoms. The molecule has 1 aliphatic rings. The van der Waals surface area contributed by atoms with Crippen LogP contribution in [-0.4, -0.2) is 30.5 Å². The Balaban J connectivity index is 1.53. The Hall–Kier alpha value is -2.59. The largest absolute Gasteiger partial charge is 0.397 e. The van der Waals surface area contributed by atoms with Gasteiger partial charge >= 0.3 is 0 Å². The van der Waals surface area contributed by atoms with Gasteiger partial charge in [-0.05, 0) is 48.9 Å². The van der Waals surface area contributed by atoms with E-state index in [9.17, 15) is 17.6 Å². The number of hydrogen-bond donors (Lipinski definition) is 2. The van der Waals surface area contributed by atoms with Gasteiger partial charge in [0.15, 0.2) is 6.01 Å². The van der Waals surface area contributed by atoms with Gasteiger partial charge in [-0.25, -0.2) is 12.8 Å². The Bertz CT molecular complexity index is 1190. The number of nitrogens with two attached hydrogens (primary N) is 1. The molecule has 4 rings (SSSR count). The normalized spacial score (nSPS) is 14.0. The lowest BCUT2D eigenvalue weighted by Gasteiger charge is -2.14. The SMILES string of the molecule is Nc1c(C(=O)NCc2ccc(S(=O)(=O)CF)cc2)sc2nnc3c(c12)CCCC3. The number of benzene rings is 1. The molecular weight excluding hydrogens is 415 g/mol. The second kappa shape index (κ2) is 7.68. The first-order chi connectivity index (χ1) is 13.9. The van der Waals surface area contributed by atoms with Crippen LogP contribution >= 0.6 is 11.3 Å². The van der Waals surface area contributed by atoms with Gasteiger partial charge < -0.3 is 11.1 Å². The molecule has 0 saturated heterocycles. The monoisotopic (exact) mass is 434 g/mol. The van der Waals surface area contributed by atoms with Gasteiger partial charge in [0, 0.05) is 11.9 Å². The average Bonchev–Trinajstić information content (AvgIpc) is 3.09. The number of halogens is 1. The maximum Gasteiger partial charge on any atom is 0.263 e. The standard InChI is InChI=1S/C19H19FN4O3S2/c20-10-29(26,27)12-7-5-11(6-8-12)9-22-18(25)17-16(21)15-13-3-1-2-4-14(13)23-24-19(15)28-17/h5-8H,1-4,9-10,21H2,(H,22,25). The highest BCUT2D eigenvalue weighted by Gasteiger charge is 2.23. The number of nitrogen functional groups attached to an aromatic ring is 1. The Labute approximate surface area is 171 Å². The molecule has 0 fully saturated rings. The predicted octanol–water partition coefficient (Wildman–Crippen LogP) is 2.78. The van der Waals surface area contributed by atoms with Crippen LogP contribution in [0.4, 0.5) is 10.1 Å². The molecule has 0 bridgehead atoms. The molecule has 152 valence electrons. The maximum atomic E-state index is 12.7. The van der Waals surface area contributed by atoms with Gasteiger partial charge in [0.2, 0.25) is 9.84 Å². The first-order valence-electron chi connectivity index (χ1n) is 9.13. The molecule has 0 atom stereocenters. The second-order valence-electron chi connectivity index (χ2n) is 6.91.